The number of esters is 1. The number of ether oxygens (including phenoxy) is 1. The molecule has 0 aromatic rings. The maximum Gasteiger partial charge on any atom is 0.308 e. The summed E-state index contributed by atoms with van der Waals surface area (Å²) in [5.41, 5.74) is 5.65. The molecule has 0 heterocycles. The Labute approximate surface area is 66.9 Å². The van der Waals surface area contributed by atoms with Crippen LogP contribution in [0.1, 0.15) is 26.2 Å². The van der Waals surface area contributed by atoms with Gasteiger partial charge in [0.2, 0.25) is 0 Å². The van der Waals surface area contributed by atoms with Crippen LogP contribution in [0.3, 0.4) is 0 Å². The van der Waals surface area contributed by atoms with Crippen molar-refractivity contribution in [1.29, 1.82) is 0 Å². The van der Waals surface area contributed by atoms with E-state index in [1.165, 1.54) is 0 Å². The Morgan fingerprint density at radius 1 is 1.64 bits per heavy atom. The van der Waals surface area contributed by atoms with Crippen LogP contribution >= 0.6 is 0 Å². The van der Waals surface area contributed by atoms with Crippen LogP contribution in [0.15, 0.2) is 0 Å². The molecule has 0 aromatic carbocycles. The van der Waals surface area contributed by atoms with E-state index in [0.29, 0.717) is 6.61 Å². The van der Waals surface area contributed by atoms with Crippen LogP contribution in [0.5, 0.6) is 0 Å². The predicted octanol–water partition coefficient (Wildman–Crippen LogP) is 0.677. The van der Waals surface area contributed by atoms with E-state index in [4.69, 9.17) is 10.5 Å². The molecule has 1 aliphatic rings. The van der Waals surface area contributed by atoms with Gasteiger partial charge in [-0.25, -0.2) is 0 Å². The molecule has 64 valence electrons. The van der Waals surface area contributed by atoms with Crippen LogP contribution in [0.2, 0.25) is 0 Å². The summed E-state index contributed by atoms with van der Waals surface area (Å²) in [6, 6.07) is 0.212. The van der Waals surface area contributed by atoms with Crippen molar-refractivity contribution >= 4 is 5.97 Å². The summed E-state index contributed by atoms with van der Waals surface area (Å²) in [4.78, 5) is 11.1. The summed E-state index contributed by atoms with van der Waals surface area (Å²) in [5, 5.41) is 0. The highest BCUT2D eigenvalue weighted by molar-refractivity contribution is 5.72. The molecule has 0 spiro atoms. The molecule has 0 aliphatic heterocycles. The molecule has 2 N–H and O–H groups in total. The van der Waals surface area contributed by atoms with E-state index < -0.39 is 0 Å². The van der Waals surface area contributed by atoms with Gasteiger partial charge in [-0.3, -0.25) is 4.79 Å². The van der Waals surface area contributed by atoms with Crippen LogP contribution < -0.4 is 5.73 Å². The Hall–Kier alpha value is -0.570. The number of carbonyl (C=O) groups is 1. The van der Waals surface area contributed by atoms with E-state index in [9.17, 15) is 4.79 Å². The average Bonchev–Trinajstić information content (AvgIpc) is 2.36. The van der Waals surface area contributed by atoms with Crippen molar-refractivity contribution in [3.8, 4) is 0 Å². The second kappa shape index (κ2) is 3.72. The van der Waals surface area contributed by atoms with Crippen molar-refractivity contribution in [1.82, 2.24) is 0 Å². The highest BCUT2D eigenvalue weighted by Gasteiger charge is 2.28. The minimum Gasteiger partial charge on any atom is -0.466 e. The quantitative estimate of drug-likeness (QED) is 0.599. The third-order valence-electron chi connectivity index (χ3n) is 2.09. The molecule has 1 rings (SSSR count). The van der Waals surface area contributed by atoms with E-state index in [-0.39, 0.29) is 17.9 Å². The van der Waals surface area contributed by atoms with Gasteiger partial charge in [-0.1, -0.05) is 0 Å². The van der Waals surface area contributed by atoms with Crippen molar-refractivity contribution in [3.63, 3.8) is 0 Å². The molecular weight excluding hydrogens is 142 g/mol. The number of hydrogen-bond donors (Lipinski definition) is 1. The van der Waals surface area contributed by atoms with Gasteiger partial charge in [0.05, 0.1) is 12.5 Å². The normalized spacial score (nSPS) is 30.4. The smallest absolute Gasteiger partial charge is 0.308 e. The maximum atomic E-state index is 11.1. The molecule has 1 aliphatic carbocycles. The molecule has 3 nitrogen and oxygen atoms in total. The van der Waals surface area contributed by atoms with Gasteiger partial charge in [-0.2, -0.15) is 0 Å². The molecule has 1 saturated carbocycles. The molecule has 0 saturated heterocycles. The SMILES string of the molecule is CCOC(=O)C1CCC(N)C1. The minimum absolute atomic E-state index is 0.0690. The zero-order valence-electron chi connectivity index (χ0n) is 6.88. The predicted molar refractivity (Wildman–Crippen MR) is 41.9 cm³/mol. The Balaban J connectivity index is 2.31. The lowest BCUT2D eigenvalue weighted by atomic mass is 10.1. The van der Waals surface area contributed by atoms with Crippen molar-refractivity contribution in [2.24, 2.45) is 11.7 Å². The van der Waals surface area contributed by atoms with Gasteiger partial charge in [-0.05, 0) is 26.2 Å². The topological polar surface area (TPSA) is 52.3 Å². The van der Waals surface area contributed by atoms with Crippen molar-refractivity contribution in [2.75, 3.05) is 6.61 Å². The molecule has 0 amide bonds. The van der Waals surface area contributed by atoms with Crippen LogP contribution in [-0.4, -0.2) is 18.6 Å². The fourth-order valence-electron chi connectivity index (χ4n) is 1.49. The number of nitrogens with two attached hydrogens (primary N) is 1. The number of carbonyl (C=O) groups excluding carboxylic acids is 1. The van der Waals surface area contributed by atoms with Gasteiger partial charge in [0.15, 0.2) is 0 Å². The van der Waals surface area contributed by atoms with Crippen molar-refractivity contribution in [2.45, 2.75) is 32.2 Å². The summed E-state index contributed by atoms with van der Waals surface area (Å²) in [7, 11) is 0. The van der Waals surface area contributed by atoms with Crippen LogP contribution in [-0.2, 0) is 9.53 Å². The molecular formula is C8H15NO2. The first-order valence-corrected chi connectivity index (χ1v) is 4.16. The summed E-state index contributed by atoms with van der Waals surface area (Å²) in [6.45, 7) is 2.30. The van der Waals surface area contributed by atoms with Gasteiger partial charge < -0.3 is 10.5 Å². The second-order valence-electron chi connectivity index (χ2n) is 3.02. The summed E-state index contributed by atoms with van der Waals surface area (Å²) >= 11 is 0. The number of hydrogen-bond acceptors (Lipinski definition) is 3. The standard InChI is InChI=1S/C8H15NO2/c1-2-11-8(10)6-3-4-7(9)5-6/h6-7H,2-5,9H2,1H3. The summed E-state index contributed by atoms with van der Waals surface area (Å²) in [5.74, 6) is 0.00500. The minimum atomic E-state index is -0.0690. The van der Waals surface area contributed by atoms with Gasteiger partial charge in [0, 0.05) is 6.04 Å². The van der Waals surface area contributed by atoms with E-state index in [0.717, 1.165) is 19.3 Å². The zero-order valence-corrected chi connectivity index (χ0v) is 6.88. The fraction of sp³-hybridized carbons (Fsp3) is 0.875. The van der Waals surface area contributed by atoms with Crippen molar-refractivity contribution < 1.29 is 9.53 Å². The van der Waals surface area contributed by atoms with Gasteiger partial charge in [0.25, 0.3) is 0 Å². The van der Waals surface area contributed by atoms with Gasteiger partial charge in [0.1, 0.15) is 0 Å². The zero-order chi connectivity index (χ0) is 8.27. The van der Waals surface area contributed by atoms with E-state index in [1.54, 1.807) is 0 Å². The molecule has 2 atom stereocenters. The van der Waals surface area contributed by atoms with Gasteiger partial charge >= 0.3 is 5.97 Å². The largest absolute Gasteiger partial charge is 0.466 e. The summed E-state index contributed by atoms with van der Waals surface area (Å²) in [6.07, 6.45) is 2.67. The molecule has 2 unspecified atom stereocenters. The Kier molecular flexibility index (Phi) is 2.88. The maximum absolute atomic E-state index is 11.1. The lowest BCUT2D eigenvalue weighted by molar-refractivity contribution is -0.147. The monoisotopic (exact) mass is 157 g/mol. The first-order chi connectivity index (χ1) is 5.24. The second-order valence-corrected chi connectivity index (χ2v) is 3.02. The number of rotatable bonds is 2. The third kappa shape index (κ3) is 2.19. The van der Waals surface area contributed by atoms with E-state index in [1.807, 2.05) is 6.92 Å². The van der Waals surface area contributed by atoms with Crippen molar-refractivity contribution in [3.05, 3.63) is 0 Å². The molecule has 0 radical (unpaired) electrons. The molecule has 11 heavy (non-hydrogen) atoms. The molecule has 0 bridgehead atoms. The highest BCUT2D eigenvalue weighted by Crippen LogP contribution is 2.24. The average molecular weight is 157 g/mol. The Morgan fingerprint density at radius 2 is 2.36 bits per heavy atom. The third-order valence-corrected chi connectivity index (χ3v) is 2.09. The van der Waals surface area contributed by atoms with Gasteiger partial charge in [-0.15, -0.1) is 0 Å². The van der Waals surface area contributed by atoms with Crippen LogP contribution in [0.25, 0.3) is 0 Å². The first kappa shape index (κ1) is 8.53. The molecule has 0 aromatic heterocycles. The first-order valence-electron chi connectivity index (χ1n) is 4.16. The van der Waals surface area contributed by atoms with Crippen LogP contribution in [0, 0.1) is 5.92 Å². The lowest BCUT2D eigenvalue weighted by Gasteiger charge is -2.07. The van der Waals surface area contributed by atoms with E-state index >= 15 is 0 Å². The molecule has 1 fully saturated rings. The van der Waals surface area contributed by atoms with E-state index in [2.05, 4.69) is 0 Å². The Morgan fingerprint density at radius 3 is 2.82 bits per heavy atom. The summed E-state index contributed by atoms with van der Waals surface area (Å²) < 4.78 is 4.88. The fourth-order valence-corrected chi connectivity index (χ4v) is 1.49. The van der Waals surface area contributed by atoms with Crippen LogP contribution in [0.4, 0.5) is 0 Å². The molecule has 3 heteroatoms. The Bertz CT molecular complexity index is 147. The lowest BCUT2D eigenvalue weighted by Crippen LogP contribution is -2.19. The highest BCUT2D eigenvalue weighted by atomic mass is 16.5.